The van der Waals surface area contributed by atoms with Gasteiger partial charge in [0.2, 0.25) is 0 Å². The number of hydrogen-bond donors (Lipinski definition) is 2. The average Bonchev–Trinajstić information content (AvgIpc) is 3.28. The predicted molar refractivity (Wildman–Crippen MR) is 80.0 cm³/mol. The molecule has 2 aromatic heterocycles. The topological polar surface area (TPSA) is 89.3 Å². The van der Waals surface area contributed by atoms with Gasteiger partial charge in [-0.3, -0.25) is 4.79 Å². The lowest BCUT2D eigenvalue weighted by Crippen LogP contribution is -2.42. The summed E-state index contributed by atoms with van der Waals surface area (Å²) in [4.78, 5) is 13.8. The molecule has 0 radical (unpaired) electrons. The minimum absolute atomic E-state index is 0.0397. The number of amides is 1. The van der Waals surface area contributed by atoms with Crippen LogP contribution in [0.25, 0.3) is 10.8 Å². The third-order valence-electron chi connectivity index (χ3n) is 4.24. The smallest absolute Gasteiger partial charge is 0.414 e. The van der Waals surface area contributed by atoms with Gasteiger partial charge in [0.05, 0.1) is 16.9 Å². The first kappa shape index (κ1) is 13.7. The van der Waals surface area contributed by atoms with Crippen molar-refractivity contribution in [2.45, 2.75) is 37.4 Å². The fraction of sp³-hybridized carbons (Fsp3) is 0.500. The van der Waals surface area contributed by atoms with Crippen LogP contribution in [0.4, 0.5) is 0 Å². The molecule has 8 heteroatoms. The Balaban J connectivity index is 1.45. The van der Waals surface area contributed by atoms with E-state index in [2.05, 4.69) is 20.8 Å². The van der Waals surface area contributed by atoms with Crippen LogP contribution in [0.2, 0.25) is 0 Å². The monoisotopic (exact) mass is 320 g/mol. The molecular weight excluding hydrogens is 304 g/mol. The van der Waals surface area contributed by atoms with Crippen molar-refractivity contribution in [2.24, 2.45) is 0 Å². The van der Waals surface area contributed by atoms with E-state index in [0.29, 0.717) is 22.9 Å². The van der Waals surface area contributed by atoms with Crippen molar-refractivity contribution in [1.82, 2.24) is 20.8 Å². The molecule has 3 atom stereocenters. The molecule has 0 spiro atoms. The summed E-state index contributed by atoms with van der Waals surface area (Å²) in [6.45, 7) is 0. The highest BCUT2D eigenvalue weighted by molar-refractivity contribution is 7.17. The van der Waals surface area contributed by atoms with Crippen LogP contribution in [0.3, 0.4) is 0 Å². The molecule has 116 valence electrons. The quantitative estimate of drug-likeness (QED) is 0.886. The number of nitrogens with zero attached hydrogens (tertiary/aromatic N) is 2. The summed E-state index contributed by atoms with van der Waals surface area (Å²) in [7, 11) is 1.47. The Morgan fingerprint density at radius 2 is 2.36 bits per heavy atom. The Hall–Kier alpha value is -1.93. The molecular formula is C14H16N4O3S. The van der Waals surface area contributed by atoms with Gasteiger partial charge in [0.15, 0.2) is 0 Å². The molecule has 4 heterocycles. The number of methoxy groups -OCH3 is 1. The molecule has 0 saturated carbocycles. The third-order valence-corrected chi connectivity index (χ3v) is 5.31. The van der Waals surface area contributed by atoms with Crippen LogP contribution in [-0.2, 0) is 0 Å². The van der Waals surface area contributed by atoms with E-state index in [0.717, 1.165) is 17.7 Å². The minimum atomic E-state index is -0.0397. The molecule has 2 aliphatic rings. The Labute approximate surface area is 131 Å². The van der Waals surface area contributed by atoms with Crippen LogP contribution >= 0.6 is 11.3 Å². The van der Waals surface area contributed by atoms with Crippen LogP contribution in [0.5, 0.6) is 6.08 Å². The molecule has 2 saturated heterocycles. The molecule has 2 fully saturated rings. The molecule has 7 nitrogen and oxygen atoms in total. The van der Waals surface area contributed by atoms with Gasteiger partial charge in [0.25, 0.3) is 11.8 Å². The first-order valence-corrected chi connectivity index (χ1v) is 8.09. The first-order valence-electron chi connectivity index (χ1n) is 7.27. The predicted octanol–water partition coefficient (Wildman–Crippen LogP) is 1.43. The van der Waals surface area contributed by atoms with Crippen LogP contribution < -0.4 is 15.4 Å². The molecule has 22 heavy (non-hydrogen) atoms. The summed E-state index contributed by atoms with van der Waals surface area (Å²) >= 11 is 1.34. The average molecular weight is 320 g/mol. The van der Waals surface area contributed by atoms with E-state index in [4.69, 9.17) is 9.15 Å². The number of thiophene rings is 1. The van der Waals surface area contributed by atoms with Crippen LogP contribution in [-0.4, -0.2) is 41.3 Å². The van der Waals surface area contributed by atoms with Gasteiger partial charge in [-0.2, -0.15) is 0 Å². The van der Waals surface area contributed by atoms with Crippen molar-refractivity contribution in [1.29, 1.82) is 0 Å². The van der Waals surface area contributed by atoms with Crippen molar-refractivity contribution in [3.8, 4) is 16.8 Å². The molecule has 2 bridgehead atoms. The van der Waals surface area contributed by atoms with E-state index in [1.165, 1.54) is 24.9 Å². The maximum Gasteiger partial charge on any atom is 0.414 e. The number of fused-ring (bicyclic) bond motifs is 2. The normalized spacial score (nSPS) is 26.3. The second kappa shape index (κ2) is 5.36. The van der Waals surface area contributed by atoms with Crippen molar-refractivity contribution in [3.05, 3.63) is 17.0 Å². The van der Waals surface area contributed by atoms with Gasteiger partial charge >= 0.3 is 6.08 Å². The lowest BCUT2D eigenvalue weighted by molar-refractivity contribution is 0.0935. The summed E-state index contributed by atoms with van der Waals surface area (Å²) < 4.78 is 10.2. The summed E-state index contributed by atoms with van der Waals surface area (Å²) in [5.41, 5.74) is 0. The number of carbonyl (C=O) groups is 1. The fourth-order valence-electron chi connectivity index (χ4n) is 3.19. The maximum absolute atomic E-state index is 12.4. The summed E-state index contributed by atoms with van der Waals surface area (Å²) in [5, 5.41) is 14.3. The zero-order chi connectivity index (χ0) is 15.1. The highest BCUT2D eigenvalue weighted by Crippen LogP contribution is 2.30. The second-order valence-corrected chi connectivity index (χ2v) is 6.69. The minimum Gasteiger partial charge on any atom is -0.452 e. The van der Waals surface area contributed by atoms with Crippen molar-refractivity contribution in [2.75, 3.05) is 7.11 Å². The molecule has 0 aliphatic carbocycles. The lowest BCUT2D eigenvalue weighted by atomic mass is 9.95. The molecule has 2 aromatic rings. The highest BCUT2D eigenvalue weighted by atomic mass is 32.1. The van der Waals surface area contributed by atoms with E-state index in [1.54, 1.807) is 6.07 Å². The Morgan fingerprint density at radius 1 is 1.45 bits per heavy atom. The summed E-state index contributed by atoms with van der Waals surface area (Å²) in [5.74, 6) is 0.324. The van der Waals surface area contributed by atoms with Gasteiger partial charge in [-0.25, -0.2) is 0 Å². The van der Waals surface area contributed by atoms with E-state index in [-0.39, 0.29) is 18.0 Å². The first-order chi connectivity index (χ1) is 10.7. The standard InChI is InChI=1S/C14H16N4O3S/c1-20-14-18-17-13(21-14)11-5-4-10(22-11)12(19)16-9-6-7-2-3-8(9)15-7/h4-5,7-9,15H,2-3,6H2,1H3,(H,16,19)/t7-,8+,9-/m1/s1. The maximum atomic E-state index is 12.4. The number of ether oxygens (including phenoxy) is 1. The van der Waals surface area contributed by atoms with Gasteiger partial charge in [-0.1, -0.05) is 5.10 Å². The van der Waals surface area contributed by atoms with Crippen molar-refractivity contribution >= 4 is 17.2 Å². The van der Waals surface area contributed by atoms with E-state index in [1.807, 2.05) is 6.07 Å². The Kier molecular flexibility index (Phi) is 3.34. The second-order valence-electron chi connectivity index (χ2n) is 5.60. The van der Waals surface area contributed by atoms with Gasteiger partial charge in [0, 0.05) is 18.1 Å². The van der Waals surface area contributed by atoms with Gasteiger partial charge < -0.3 is 19.8 Å². The van der Waals surface area contributed by atoms with Crippen LogP contribution in [0, 0.1) is 0 Å². The number of aromatic nitrogens is 2. The van der Waals surface area contributed by atoms with E-state index >= 15 is 0 Å². The van der Waals surface area contributed by atoms with Crippen LogP contribution in [0.1, 0.15) is 28.9 Å². The van der Waals surface area contributed by atoms with Gasteiger partial charge in [-0.05, 0) is 31.4 Å². The molecule has 2 N–H and O–H groups in total. The van der Waals surface area contributed by atoms with Gasteiger partial charge in [0.1, 0.15) is 0 Å². The van der Waals surface area contributed by atoms with Crippen molar-refractivity contribution < 1.29 is 13.9 Å². The number of carbonyl (C=O) groups excluding carboxylic acids is 1. The number of rotatable bonds is 4. The number of nitrogens with one attached hydrogen (secondary N) is 2. The molecule has 1 amide bonds. The third kappa shape index (κ3) is 2.38. The summed E-state index contributed by atoms with van der Waals surface area (Å²) in [6.07, 6.45) is 3.50. The Bertz CT molecular complexity index is 698. The highest BCUT2D eigenvalue weighted by Gasteiger charge is 2.39. The number of hydrogen-bond acceptors (Lipinski definition) is 7. The molecule has 4 rings (SSSR count). The van der Waals surface area contributed by atoms with Crippen molar-refractivity contribution in [3.63, 3.8) is 0 Å². The van der Waals surface area contributed by atoms with E-state index < -0.39 is 0 Å². The zero-order valence-electron chi connectivity index (χ0n) is 12.0. The SMILES string of the molecule is COc1nnc(-c2ccc(C(=O)N[C@@H]3C[C@H]4CC[C@@H]3N4)s2)o1. The van der Waals surface area contributed by atoms with Crippen LogP contribution in [0.15, 0.2) is 16.5 Å². The molecule has 2 aliphatic heterocycles. The van der Waals surface area contributed by atoms with E-state index in [9.17, 15) is 4.79 Å². The summed E-state index contributed by atoms with van der Waals surface area (Å²) in [6, 6.07) is 4.83. The van der Waals surface area contributed by atoms with Gasteiger partial charge in [-0.15, -0.1) is 16.4 Å². The zero-order valence-corrected chi connectivity index (χ0v) is 12.9. The largest absolute Gasteiger partial charge is 0.452 e. The Morgan fingerprint density at radius 3 is 3.05 bits per heavy atom. The fourth-order valence-corrected chi connectivity index (χ4v) is 4.02. The lowest BCUT2D eigenvalue weighted by Gasteiger charge is -2.20. The molecule has 0 aromatic carbocycles. The molecule has 0 unspecified atom stereocenters.